The number of piperidine rings is 1. The highest BCUT2D eigenvalue weighted by Crippen LogP contribution is 2.23. The number of aromatic nitrogens is 4. The average molecular weight is 455 g/mol. The minimum atomic E-state index is -3.64. The summed E-state index contributed by atoms with van der Waals surface area (Å²) in [5, 5.41) is 4.63. The summed E-state index contributed by atoms with van der Waals surface area (Å²) in [5.74, 6) is 0.840. The van der Waals surface area contributed by atoms with Crippen molar-refractivity contribution in [3.63, 3.8) is 0 Å². The van der Waals surface area contributed by atoms with Gasteiger partial charge in [-0.2, -0.15) is 9.29 Å². The molecule has 1 aliphatic rings. The zero-order valence-corrected chi connectivity index (χ0v) is 18.2. The van der Waals surface area contributed by atoms with Crippen LogP contribution in [0.25, 0.3) is 22.4 Å². The molecule has 0 aliphatic carbocycles. The lowest BCUT2D eigenvalue weighted by atomic mass is 10.0. The summed E-state index contributed by atoms with van der Waals surface area (Å²) in [4.78, 5) is 20.6. The molecular formula is C21H21N5O5S. The molecule has 5 rings (SSSR count). The standard InChI is InChI=1S/C21H21N5O5S/c1-14-6-8-26(9-7-14)32(28,29)19-12-25(13-22-19)11-18-23-20(31-24-18)16-10-15-4-2-3-5-17(15)30-21(16)27/h2-5,10,12-14H,6-9,11H2,1H3. The Morgan fingerprint density at radius 2 is 1.97 bits per heavy atom. The maximum absolute atomic E-state index is 12.8. The van der Waals surface area contributed by atoms with Gasteiger partial charge in [0.25, 0.3) is 15.9 Å². The summed E-state index contributed by atoms with van der Waals surface area (Å²) in [7, 11) is -3.64. The van der Waals surface area contributed by atoms with Crippen molar-refractivity contribution in [1.29, 1.82) is 0 Å². The fourth-order valence-electron chi connectivity index (χ4n) is 3.72. The van der Waals surface area contributed by atoms with Gasteiger partial charge in [-0.05, 0) is 30.9 Å². The van der Waals surface area contributed by atoms with Gasteiger partial charge in [-0.15, -0.1) is 0 Å². The van der Waals surface area contributed by atoms with E-state index in [1.54, 1.807) is 22.8 Å². The van der Waals surface area contributed by atoms with Crippen LogP contribution in [0.2, 0.25) is 0 Å². The second-order valence-electron chi connectivity index (χ2n) is 7.97. The van der Waals surface area contributed by atoms with Crippen LogP contribution in [0.4, 0.5) is 0 Å². The Hall–Kier alpha value is -3.31. The van der Waals surface area contributed by atoms with Crippen molar-refractivity contribution in [3.8, 4) is 11.5 Å². The van der Waals surface area contributed by atoms with E-state index in [0.717, 1.165) is 18.2 Å². The molecule has 1 fully saturated rings. The van der Waals surface area contributed by atoms with Gasteiger partial charge in [0.1, 0.15) is 11.1 Å². The lowest BCUT2D eigenvalue weighted by Crippen LogP contribution is -2.38. The van der Waals surface area contributed by atoms with Crippen molar-refractivity contribution in [1.82, 2.24) is 24.0 Å². The van der Waals surface area contributed by atoms with Crippen LogP contribution in [0.1, 0.15) is 25.6 Å². The molecule has 166 valence electrons. The molecule has 0 unspecified atom stereocenters. The van der Waals surface area contributed by atoms with E-state index in [2.05, 4.69) is 22.0 Å². The van der Waals surface area contributed by atoms with Gasteiger partial charge in [-0.3, -0.25) is 0 Å². The van der Waals surface area contributed by atoms with Crippen molar-refractivity contribution < 1.29 is 17.4 Å². The molecule has 10 nitrogen and oxygen atoms in total. The van der Waals surface area contributed by atoms with E-state index < -0.39 is 15.6 Å². The molecule has 4 aromatic rings. The fourth-order valence-corrected chi connectivity index (χ4v) is 5.12. The van der Waals surface area contributed by atoms with Gasteiger partial charge in [0.05, 0.1) is 12.9 Å². The van der Waals surface area contributed by atoms with E-state index in [9.17, 15) is 13.2 Å². The van der Waals surface area contributed by atoms with Crippen molar-refractivity contribution >= 4 is 21.0 Å². The Labute approximate surface area is 183 Å². The minimum absolute atomic E-state index is 0.00838. The van der Waals surface area contributed by atoms with Crippen molar-refractivity contribution in [2.24, 2.45) is 5.92 Å². The zero-order chi connectivity index (χ0) is 22.3. The van der Waals surface area contributed by atoms with Crippen LogP contribution in [0.15, 0.2) is 61.6 Å². The lowest BCUT2D eigenvalue weighted by molar-refractivity contribution is 0.287. The second kappa shape index (κ2) is 7.99. The first kappa shape index (κ1) is 20.6. The van der Waals surface area contributed by atoms with E-state index in [-0.39, 0.29) is 28.8 Å². The first-order valence-electron chi connectivity index (χ1n) is 10.3. The quantitative estimate of drug-likeness (QED) is 0.421. The third-order valence-electron chi connectivity index (χ3n) is 5.62. The first-order valence-corrected chi connectivity index (χ1v) is 11.7. The van der Waals surface area contributed by atoms with Gasteiger partial charge in [-0.1, -0.05) is 30.3 Å². The average Bonchev–Trinajstić information content (AvgIpc) is 3.44. The SMILES string of the molecule is CC1CCN(S(=O)(=O)c2cn(Cc3noc(-c4cc5ccccc5oc4=O)n3)cn2)CC1. The monoisotopic (exact) mass is 455 g/mol. The van der Waals surface area contributed by atoms with E-state index >= 15 is 0 Å². The number of fused-ring (bicyclic) bond motifs is 1. The number of para-hydroxylation sites is 1. The van der Waals surface area contributed by atoms with E-state index in [0.29, 0.717) is 24.6 Å². The molecule has 0 N–H and O–H groups in total. The highest BCUT2D eigenvalue weighted by Gasteiger charge is 2.30. The summed E-state index contributed by atoms with van der Waals surface area (Å²) in [5.41, 5.74) is 0.0535. The number of rotatable bonds is 5. The summed E-state index contributed by atoms with van der Waals surface area (Å²) < 4.78 is 39.3. The van der Waals surface area contributed by atoms with Crippen LogP contribution in [-0.4, -0.2) is 45.5 Å². The molecule has 32 heavy (non-hydrogen) atoms. The lowest BCUT2D eigenvalue weighted by Gasteiger charge is -2.28. The summed E-state index contributed by atoms with van der Waals surface area (Å²) in [6.07, 6.45) is 4.55. The molecule has 0 amide bonds. The molecule has 4 heterocycles. The maximum Gasteiger partial charge on any atom is 0.349 e. The van der Waals surface area contributed by atoms with Crippen LogP contribution >= 0.6 is 0 Å². The van der Waals surface area contributed by atoms with Crippen LogP contribution in [-0.2, 0) is 16.6 Å². The van der Waals surface area contributed by atoms with Crippen LogP contribution in [0, 0.1) is 5.92 Å². The highest BCUT2D eigenvalue weighted by molar-refractivity contribution is 7.89. The van der Waals surface area contributed by atoms with Gasteiger partial charge in [0.15, 0.2) is 10.9 Å². The van der Waals surface area contributed by atoms with Crippen LogP contribution in [0.5, 0.6) is 0 Å². The zero-order valence-electron chi connectivity index (χ0n) is 17.3. The Balaban J connectivity index is 1.35. The molecular weight excluding hydrogens is 434 g/mol. The van der Waals surface area contributed by atoms with E-state index in [1.807, 2.05) is 12.1 Å². The summed E-state index contributed by atoms with van der Waals surface area (Å²) in [6.45, 7) is 3.26. The van der Waals surface area contributed by atoms with E-state index in [4.69, 9.17) is 8.94 Å². The van der Waals surface area contributed by atoms with Gasteiger partial charge >= 0.3 is 5.63 Å². The summed E-state index contributed by atoms with van der Waals surface area (Å²) in [6, 6.07) is 8.77. The molecule has 11 heteroatoms. The second-order valence-corrected chi connectivity index (χ2v) is 9.86. The predicted molar refractivity (Wildman–Crippen MR) is 114 cm³/mol. The Kier molecular flexibility index (Phi) is 5.14. The third kappa shape index (κ3) is 3.84. The third-order valence-corrected chi connectivity index (χ3v) is 7.40. The van der Waals surface area contributed by atoms with E-state index in [1.165, 1.54) is 16.8 Å². The largest absolute Gasteiger partial charge is 0.422 e. The molecule has 0 atom stereocenters. The van der Waals surface area contributed by atoms with Crippen molar-refractivity contribution in [2.75, 3.05) is 13.1 Å². The number of hydrogen-bond donors (Lipinski definition) is 0. The number of imidazole rings is 1. The fraction of sp³-hybridized carbons (Fsp3) is 0.333. The number of nitrogens with zero attached hydrogens (tertiary/aromatic N) is 5. The van der Waals surface area contributed by atoms with Gasteiger partial charge < -0.3 is 13.5 Å². The molecule has 0 bridgehead atoms. The number of benzene rings is 1. The molecule has 3 aromatic heterocycles. The normalized spacial score (nSPS) is 16.0. The van der Waals surface area contributed by atoms with Gasteiger partial charge in [0, 0.05) is 24.7 Å². The van der Waals surface area contributed by atoms with Crippen LogP contribution in [0.3, 0.4) is 0 Å². The maximum atomic E-state index is 12.8. The predicted octanol–water partition coefficient (Wildman–Crippen LogP) is 2.51. The molecule has 0 spiro atoms. The highest BCUT2D eigenvalue weighted by atomic mass is 32.2. The molecule has 0 saturated carbocycles. The van der Waals surface area contributed by atoms with Crippen molar-refractivity contribution in [2.45, 2.75) is 31.3 Å². The topological polar surface area (TPSA) is 124 Å². The van der Waals surface area contributed by atoms with Gasteiger partial charge in [-0.25, -0.2) is 18.2 Å². The van der Waals surface area contributed by atoms with Gasteiger partial charge in [0.2, 0.25) is 0 Å². The number of hydrogen-bond acceptors (Lipinski definition) is 8. The molecule has 1 aromatic carbocycles. The molecule has 1 saturated heterocycles. The Morgan fingerprint density at radius 1 is 1.19 bits per heavy atom. The Morgan fingerprint density at radius 3 is 2.78 bits per heavy atom. The first-order chi connectivity index (χ1) is 15.4. The molecule has 0 radical (unpaired) electrons. The minimum Gasteiger partial charge on any atom is -0.422 e. The number of sulfonamides is 1. The molecule has 1 aliphatic heterocycles. The van der Waals surface area contributed by atoms with Crippen LogP contribution < -0.4 is 5.63 Å². The summed E-state index contributed by atoms with van der Waals surface area (Å²) >= 11 is 0. The Bertz CT molecular complexity index is 1430. The van der Waals surface area contributed by atoms with Crippen molar-refractivity contribution in [3.05, 3.63) is 59.1 Å². The smallest absolute Gasteiger partial charge is 0.349 e.